The highest BCUT2D eigenvalue weighted by molar-refractivity contribution is 8.29. The molecule has 0 amide bonds. The van der Waals surface area contributed by atoms with Crippen molar-refractivity contribution in [3.8, 4) is 0 Å². The van der Waals surface area contributed by atoms with Gasteiger partial charge in [0.05, 0.1) is 0 Å². The number of hydrogen-bond donors (Lipinski definition) is 0. The summed E-state index contributed by atoms with van der Waals surface area (Å²) in [5, 5.41) is 0. The third-order valence-corrected chi connectivity index (χ3v) is 8.21. The van der Waals surface area contributed by atoms with Crippen molar-refractivity contribution in [3.05, 3.63) is 0 Å². The molecule has 0 N–H and O–H groups in total. The van der Waals surface area contributed by atoms with E-state index in [1.807, 2.05) is 11.2 Å². The lowest BCUT2D eigenvalue weighted by atomic mass is 11.0. The zero-order valence-corrected chi connectivity index (χ0v) is 6.96. The molecule has 4 heteroatoms. The van der Waals surface area contributed by atoms with Gasteiger partial charge in [-0.1, -0.05) is 0 Å². The van der Waals surface area contributed by atoms with Gasteiger partial charge in [-0.2, -0.15) is 0 Å². The molecule has 0 aromatic carbocycles. The van der Waals surface area contributed by atoms with Crippen molar-refractivity contribution < 1.29 is 8.85 Å². The molecule has 0 aliphatic carbocycles. The molecule has 1 aliphatic rings. The average Bonchev–Trinajstić information content (AvgIpc) is 1.67. The molecule has 1 heterocycles. The zero-order chi connectivity index (χ0) is 6.04. The Kier molecular flexibility index (Phi) is 1.97. The Morgan fingerprint density at radius 3 is 1.88 bits per heavy atom. The van der Waals surface area contributed by atoms with Crippen molar-refractivity contribution in [2.75, 3.05) is 20.0 Å². The molecule has 1 fully saturated rings. The first-order valence-electron chi connectivity index (χ1n) is 2.57. The van der Waals surface area contributed by atoms with Gasteiger partial charge in [-0.05, 0) is 5.75 Å². The molecule has 48 valence electrons. The highest BCUT2D eigenvalue weighted by Gasteiger charge is 2.44. The van der Waals surface area contributed by atoms with Crippen LogP contribution in [-0.2, 0) is 8.85 Å². The Hall–Kier alpha value is 0.487. The summed E-state index contributed by atoms with van der Waals surface area (Å²) in [4.78, 5) is 0. The standard InChI is InChI=1S/C4H10O2SSi/c1-5-8(6-2)4-3-7-8/h3-4H2,1-2H3. The summed E-state index contributed by atoms with van der Waals surface area (Å²) < 4.78 is 10.4. The first-order valence-corrected chi connectivity index (χ1v) is 6.31. The molecule has 0 aromatic heterocycles. The average molecular weight is 150 g/mol. The third kappa shape index (κ3) is 0.931. The van der Waals surface area contributed by atoms with E-state index >= 15 is 0 Å². The first kappa shape index (κ1) is 6.60. The lowest BCUT2D eigenvalue weighted by molar-refractivity contribution is 0.266. The van der Waals surface area contributed by atoms with Gasteiger partial charge in [-0.3, -0.25) is 0 Å². The van der Waals surface area contributed by atoms with Crippen LogP contribution in [0.3, 0.4) is 0 Å². The van der Waals surface area contributed by atoms with Gasteiger partial charge < -0.3 is 8.85 Å². The van der Waals surface area contributed by atoms with E-state index < -0.39 is 7.71 Å². The van der Waals surface area contributed by atoms with Crippen LogP contribution in [0.15, 0.2) is 0 Å². The first-order chi connectivity index (χ1) is 3.83. The van der Waals surface area contributed by atoms with Crippen LogP contribution in [0.2, 0.25) is 6.04 Å². The van der Waals surface area contributed by atoms with Crippen LogP contribution in [0.1, 0.15) is 0 Å². The van der Waals surface area contributed by atoms with Gasteiger partial charge in [0.2, 0.25) is 0 Å². The Bertz CT molecular complexity index is 70.6. The molecule has 0 bridgehead atoms. The highest BCUT2D eigenvalue weighted by Crippen LogP contribution is 2.37. The summed E-state index contributed by atoms with van der Waals surface area (Å²) in [5.74, 6) is 1.22. The van der Waals surface area contributed by atoms with Gasteiger partial charge in [0.1, 0.15) is 0 Å². The Labute approximate surface area is 54.4 Å². The molecule has 0 unspecified atom stereocenters. The lowest BCUT2D eigenvalue weighted by Gasteiger charge is -2.33. The fourth-order valence-electron chi connectivity index (χ4n) is 0.674. The van der Waals surface area contributed by atoms with Gasteiger partial charge in [-0.15, -0.1) is 11.2 Å². The minimum atomic E-state index is -1.57. The molecule has 1 rings (SSSR count). The summed E-state index contributed by atoms with van der Waals surface area (Å²) in [6.45, 7) is 0. The predicted molar refractivity (Wildman–Crippen MR) is 37.0 cm³/mol. The second-order valence-corrected chi connectivity index (χ2v) is 7.80. The molecule has 0 atom stereocenters. The number of rotatable bonds is 2. The van der Waals surface area contributed by atoms with Crippen LogP contribution < -0.4 is 0 Å². The highest BCUT2D eigenvalue weighted by atomic mass is 32.4. The van der Waals surface area contributed by atoms with Crippen molar-refractivity contribution in [2.45, 2.75) is 6.04 Å². The van der Waals surface area contributed by atoms with E-state index in [1.54, 1.807) is 14.2 Å². The molecular formula is C4H10O2SSi. The van der Waals surface area contributed by atoms with Gasteiger partial charge in [0.25, 0.3) is 0 Å². The van der Waals surface area contributed by atoms with E-state index in [0.29, 0.717) is 0 Å². The molecule has 0 saturated carbocycles. The van der Waals surface area contributed by atoms with Crippen LogP contribution in [0.5, 0.6) is 0 Å². The summed E-state index contributed by atoms with van der Waals surface area (Å²) >= 11 is 1.85. The van der Waals surface area contributed by atoms with Gasteiger partial charge in [0, 0.05) is 20.3 Å². The smallest absolute Gasteiger partial charge is 0.390 e. The van der Waals surface area contributed by atoms with Crippen molar-refractivity contribution >= 4 is 18.9 Å². The maximum atomic E-state index is 5.20. The minimum Gasteiger partial charge on any atom is -0.390 e. The van der Waals surface area contributed by atoms with Gasteiger partial charge in [-0.25, -0.2) is 0 Å². The quantitative estimate of drug-likeness (QED) is 0.546. The van der Waals surface area contributed by atoms with E-state index in [-0.39, 0.29) is 0 Å². The molecule has 0 aromatic rings. The Morgan fingerprint density at radius 2 is 1.88 bits per heavy atom. The van der Waals surface area contributed by atoms with Crippen LogP contribution >= 0.6 is 11.2 Å². The molecule has 2 nitrogen and oxygen atoms in total. The normalized spacial score (nSPS) is 24.8. The molecule has 0 spiro atoms. The summed E-state index contributed by atoms with van der Waals surface area (Å²) in [5.41, 5.74) is 0. The maximum absolute atomic E-state index is 5.20. The Morgan fingerprint density at radius 1 is 1.38 bits per heavy atom. The van der Waals surface area contributed by atoms with E-state index in [4.69, 9.17) is 8.85 Å². The fourth-order valence-corrected chi connectivity index (χ4v) is 4.34. The molecule has 1 saturated heterocycles. The lowest BCUT2D eigenvalue weighted by Crippen LogP contribution is -2.44. The van der Waals surface area contributed by atoms with Crippen LogP contribution in [-0.4, -0.2) is 27.7 Å². The predicted octanol–water partition coefficient (Wildman–Crippen LogP) is 0.965. The Balaban J connectivity index is 2.33. The molecule has 1 aliphatic heterocycles. The van der Waals surface area contributed by atoms with Crippen LogP contribution in [0.25, 0.3) is 0 Å². The topological polar surface area (TPSA) is 18.5 Å². The van der Waals surface area contributed by atoms with Crippen molar-refractivity contribution in [3.63, 3.8) is 0 Å². The van der Waals surface area contributed by atoms with Gasteiger partial charge >= 0.3 is 7.71 Å². The van der Waals surface area contributed by atoms with Crippen LogP contribution in [0.4, 0.5) is 0 Å². The van der Waals surface area contributed by atoms with E-state index in [2.05, 4.69) is 0 Å². The van der Waals surface area contributed by atoms with Gasteiger partial charge in [0.15, 0.2) is 0 Å². The summed E-state index contributed by atoms with van der Waals surface area (Å²) in [6.07, 6.45) is 0. The number of hydrogen-bond acceptors (Lipinski definition) is 3. The summed E-state index contributed by atoms with van der Waals surface area (Å²) in [7, 11) is 1.90. The largest absolute Gasteiger partial charge is 0.406 e. The second-order valence-electron chi connectivity index (χ2n) is 1.69. The third-order valence-electron chi connectivity index (χ3n) is 1.35. The SMILES string of the molecule is CO[Si]1(OC)CCS1. The minimum absolute atomic E-state index is 1.16. The van der Waals surface area contributed by atoms with E-state index in [0.717, 1.165) is 6.04 Å². The second kappa shape index (κ2) is 2.39. The monoisotopic (exact) mass is 150 g/mol. The molecule has 8 heavy (non-hydrogen) atoms. The van der Waals surface area contributed by atoms with Crippen molar-refractivity contribution in [1.29, 1.82) is 0 Å². The van der Waals surface area contributed by atoms with Crippen molar-refractivity contribution in [2.24, 2.45) is 0 Å². The molecule has 0 radical (unpaired) electrons. The van der Waals surface area contributed by atoms with E-state index in [9.17, 15) is 0 Å². The fraction of sp³-hybridized carbons (Fsp3) is 1.00. The van der Waals surface area contributed by atoms with E-state index in [1.165, 1.54) is 5.75 Å². The summed E-state index contributed by atoms with van der Waals surface area (Å²) in [6, 6.07) is 1.16. The van der Waals surface area contributed by atoms with Crippen molar-refractivity contribution in [1.82, 2.24) is 0 Å². The van der Waals surface area contributed by atoms with Crippen LogP contribution in [0, 0.1) is 0 Å². The molecular weight excluding hydrogens is 140 g/mol. The zero-order valence-electron chi connectivity index (χ0n) is 5.14. The maximum Gasteiger partial charge on any atom is 0.406 e.